The van der Waals surface area contributed by atoms with Crippen molar-refractivity contribution in [2.75, 3.05) is 0 Å². The second-order valence-corrected chi connectivity index (χ2v) is 4.94. The molecule has 0 unspecified atom stereocenters. The van der Waals surface area contributed by atoms with Crippen molar-refractivity contribution < 1.29 is 14.6 Å². The van der Waals surface area contributed by atoms with Crippen LogP contribution in [0, 0.1) is 0 Å². The molecule has 0 saturated heterocycles. The van der Waals surface area contributed by atoms with Gasteiger partial charge in [0.05, 0.1) is 6.10 Å². The minimum atomic E-state index is -0.940. The maximum absolute atomic E-state index is 10.6. The average Bonchev–Trinajstić information content (AvgIpc) is 2.66. The number of para-hydroxylation sites is 1. The van der Waals surface area contributed by atoms with E-state index in [1.54, 1.807) is 6.08 Å². The van der Waals surface area contributed by atoms with Gasteiger partial charge in [0.1, 0.15) is 5.75 Å². The lowest BCUT2D eigenvalue weighted by Gasteiger charge is -2.18. The normalized spacial score (nSPS) is 17.3. The molecule has 1 aliphatic rings. The van der Waals surface area contributed by atoms with Gasteiger partial charge < -0.3 is 9.84 Å². The molecule has 0 atom stereocenters. The van der Waals surface area contributed by atoms with Crippen LogP contribution in [0.4, 0.5) is 0 Å². The predicted molar refractivity (Wildman–Crippen MR) is 75.2 cm³/mol. The van der Waals surface area contributed by atoms with Crippen LogP contribution in [0.25, 0.3) is 6.08 Å². The largest absolute Gasteiger partial charge is 0.490 e. The van der Waals surface area contributed by atoms with E-state index in [4.69, 9.17) is 9.84 Å². The summed E-state index contributed by atoms with van der Waals surface area (Å²) in [5, 5.41) is 8.70. The first-order valence-corrected chi connectivity index (χ1v) is 6.92. The van der Waals surface area contributed by atoms with Crippen molar-refractivity contribution in [3.63, 3.8) is 0 Å². The van der Waals surface area contributed by atoms with Crippen LogP contribution in [0.5, 0.6) is 5.75 Å². The van der Waals surface area contributed by atoms with Crippen LogP contribution >= 0.6 is 0 Å². The van der Waals surface area contributed by atoms with Crippen LogP contribution in [0.15, 0.2) is 30.3 Å². The van der Waals surface area contributed by atoms with Gasteiger partial charge in [-0.25, -0.2) is 4.79 Å². The third-order valence-electron chi connectivity index (χ3n) is 3.42. The second kappa shape index (κ2) is 6.98. The molecule has 0 heterocycles. The average molecular weight is 260 g/mol. The first-order valence-electron chi connectivity index (χ1n) is 6.92. The fourth-order valence-electron chi connectivity index (χ4n) is 2.43. The highest BCUT2D eigenvalue weighted by atomic mass is 16.5. The number of hydrogen-bond donors (Lipinski definition) is 1. The Kier molecular flexibility index (Phi) is 5.01. The summed E-state index contributed by atoms with van der Waals surface area (Å²) in [6.07, 6.45) is 10.2. The van der Waals surface area contributed by atoms with Crippen molar-refractivity contribution in [1.82, 2.24) is 0 Å². The molecule has 0 bridgehead atoms. The molecule has 0 radical (unpaired) electrons. The van der Waals surface area contributed by atoms with Crippen LogP contribution in [-0.2, 0) is 4.79 Å². The molecule has 0 aliphatic heterocycles. The van der Waals surface area contributed by atoms with Gasteiger partial charge in [0.25, 0.3) is 0 Å². The highest BCUT2D eigenvalue weighted by molar-refractivity contribution is 5.85. The van der Waals surface area contributed by atoms with Gasteiger partial charge in [0.2, 0.25) is 0 Å². The number of rotatable bonds is 4. The number of aliphatic carboxylic acids is 1. The zero-order valence-electron chi connectivity index (χ0n) is 11.0. The Labute approximate surface area is 113 Å². The van der Waals surface area contributed by atoms with Crippen LogP contribution in [0.3, 0.4) is 0 Å². The number of carboxylic acids is 1. The van der Waals surface area contributed by atoms with Crippen molar-refractivity contribution in [3.8, 4) is 5.75 Å². The summed E-state index contributed by atoms with van der Waals surface area (Å²) in [4.78, 5) is 10.6. The molecule has 1 saturated carbocycles. The molecule has 19 heavy (non-hydrogen) atoms. The van der Waals surface area contributed by atoms with Crippen molar-refractivity contribution in [2.24, 2.45) is 0 Å². The fraction of sp³-hybridized carbons (Fsp3) is 0.438. The van der Waals surface area contributed by atoms with Crippen LogP contribution in [0.1, 0.15) is 44.1 Å². The number of carbonyl (C=O) groups is 1. The number of hydrogen-bond acceptors (Lipinski definition) is 2. The zero-order valence-corrected chi connectivity index (χ0v) is 11.0. The highest BCUT2D eigenvalue weighted by Gasteiger charge is 2.14. The molecule has 0 amide bonds. The number of ether oxygens (including phenoxy) is 1. The van der Waals surface area contributed by atoms with E-state index >= 15 is 0 Å². The predicted octanol–water partition coefficient (Wildman–Crippen LogP) is 3.89. The van der Waals surface area contributed by atoms with E-state index in [2.05, 4.69) is 0 Å². The Morgan fingerprint density at radius 3 is 2.53 bits per heavy atom. The maximum atomic E-state index is 10.6. The fourth-order valence-corrected chi connectivity index (χ4v) is 2.43. The van der Waals surface area contributed by atoms with Crippen LogP contribution in [0.2, 0.25) is 0 Å². The molecule has 1 aromatic carbocycles. The molecule has 0 aromatic heterocycles. The summed E-state index contributed by atoms with van der Waals surface area (Å²) in [5.41, 5.74) is 0.828. The zero-order chi connectivity index (χ0) is 13.5. The molecule has 1 N–H and O–H groups in total. The summed E-state index contributed by atoms with van der Waals surface area (Å²) in [6, 6.07) is 7.60. The van der Waals surface area contributed by atoms with Gasteiger partial charge in [-0.3, -0.25) is 0 Å². The quantitative estimate of drug-likeness (QED) is 0.660. The molecule has 3 nitrogen and oxygen atoms in total. The summed E-state index contributed by atoms with van der Waals surface area (Å²) in [7, 11) is 0. The number of benzene rings is 1. The lowest BCUT2D eigenvalue weighted by molar-refractivity contribution is -0.131. The van der Waals surface area contributed by atoms with Crippen molar-refractivity contribution >= 4 is 12.0 Å². The lowest BCUT2D eigenvalue weighted by Crippen LogP contribution is -2.15. The summed E-state index contributed by atoms with van der Waals surface area (Å²) in [5.74, 6) is -0.156. The third-order valence-corrected chi connectivity index (χ3v) is 3.42. The molecule has 3 heteroatoms. The van der Waals surface area contributed by atoms with Gasteiger partial charge in [-0.15, -0.1) is 0 Å². The van der Waals surface area contributed by atoms with Gasteiger partial charge in [-0.1, -0.05) is 31.0 Å². The summed E-state index contributed by atoms with van der Waals surface area (Å²) < 4.78 is 6.05. The van der Waals surface area contributed by atoms with E-state index in [1.807, 2.05) is 24.3 Å². The Balaban J connectivity index is 2.08. The van der Waals surface area contributed by atoms with E-state index in [0.717, 1.165) is 30.2 Å². The van der Waals surface area contributed by atoms with Crippen LogP contribution in [-0.4, -0.2) is 17.2 Å². The van der Waals surface area contributed by atoms with E-state index < -0.39 is 5.97 Å². The molecule has 102 valence electrons. The lowest BCUT2D eigenvalue weighted by atomic mass is 10.1. The number of carboxylic acid groups (broad SMARTS) is 1. The van der Waals surface area contributed by atoms with Crippen molar-refractivity contribution in [1.29, 1.82) is 0 Å². The van der Waals surface area contributed by atoms with Gasteiger partial charge in [-0.05, 0) is 37.8 Å². The Morgan fingerprint density at radius 2 is 1.84 bits per heavy atom. The minimum Gasteiger partial charge on any atom is -0.490 e. The minimum absolute atomic E-state index is 0.266. The molecule has 1 aromatic rings. The standard InChI is InChI=1S/C16H20O3/c17-16(18)12-11-13-7-5-6-10-15(13)19-14-8-3-1-2-4-9-14/h5-7,10-12,14H,1-4,8-9H2,(H,17,18)/b12-11+. The van der Waals surface area contributed by atoms with Crippen molar-refractivity contribution in [3.05, 3.63) is 35.9 Å². The summed E-state index contributed by atoms with van der Waals surface area (Å²) in [6.45, 7) is 0. The molecular weight excluding hydrogens is 240 g/mol. The molecule has 1 aliphatic carbocycles. The first-order chi connectivity index (χ1) is 9.25. The van der Waals surface area contributed by atoms with Gasteiger partial charge >= 0.3 is 5.97 Å². The summed E-state index contributed by atoms with van der Waals surface area (Å²) >= 11 is 0. The van der Waals surface area contributed by atoms with E-state index in [0.29, 0.717) is 0 Å². The monoisotopic (exact) mass is 260 g/mol. The molecular formula is C16H20O3. The van der Waals surface area contributed by atoms with E-state index in [1.165, 1.54) is 25.7 Å². The molecule has 0 spiro atoms. The van der Waals surface area contributed by atoms with Crippen molar-refractivity contribution in [2.45, 2.75) is 44.6 Å². The highest BCUT2D eigenvalue weighted by Crippen LogP contribution is 2.26. The second-order valence-electron chi connectivity index (χ2n) is 4.94. The third kappa shape index (κ3) is 4.43. The van der Waals surface area contributed by atoms with Gasteiger partial charge in [0, 0.05) is 11.6 Å². The topological polar surface area (TPSA) is 46.5 Å². The van der Waals surface area contributed by atoms with E-state index in [9.17, 15) is 4.79 Å². The maximum Gasteiger partial charge on any atom is 0.328 e. The molecule has 1 fully saturated rings. The van der Waals surface area contributed by atoms with E-state index in [-0.39, 0.29) is 6.10 Å². The Bertz CT molecular complexity index is 443. The Hall–Kier alpha value is -1.77. The van der Waals surface area contributed by atoms with Crippen LogP contribution < -0.4 is 4.74 Å². The smallest absolute Gasteiger partial charge is 0.328 e. The SMILES string of the molecule is O=C(O)/C=C/c1ccccc1OC1CCCCCC1. The first kappa shape index (κ1) is 13.7. The Morgan fingerprint density at radius 1 is 1.16 bits per heavy atom. The van der Waals surface area contributed by atoms with Gasteiger partial charge in [0.15, 0.2) is 0 Å². The molecule has 2 rings (SSSR count). The van der Waals surface area contributed by atoms with Gasteiger partial charge in [-0.2, -0.15) is 0 Å².